The Labute approximate surface area is 144 Å². The Bertz CT molecular complexity index is 705. The van der Waals surface area contributed by atoms with E-state index in [-0.39, 0.29) is 12.5 Å². The number of urea groups is 1. The van der Waals surface area contributed by atoms with Crippen LogP contribution < -0.4 is 10.6 Å². The molecule has 2 N–H and O–H groups in total. The van der Waals surface area contributed by atoms with Gasteiger partial charge in [-0.3, -0.25) is 4.79 Å². The smallest absolute Gasteiger partial charge is 0.322 e. The number of carbonyl (C=O) groups is 2. The summed E-state index contributed by atoms with van der Waals surface area (Å²) in [6.07, 6.45) is 0. The summed E-state index contributed by atoms with van der Waals surface area (Å²) in [5.41, 5.74) is 1.10. The Morgan fingerprint density at radius 2 is 1.65 bits per heavy atom. The summed E-state index contributed by atoms with van der Waals surface area (Å²) in [7, 11) is 1.53. The molecule has 0 fully saturated rings. The highest BCUT2D eigenvalue weighted by atomic mass is 35.5. The monoisotopic (exact) mass is 351 g/mol. The maximum Gasteiger partial charge on any atom is 0.322 e. The fraction of sp³-hybridized carbons (Fsp3) is 0.125. The predicted octanol–water partition coefficient (Wildman–Crippen LogP) is 4.10. The molecule has 0 bridgehead atoms. The van der Waals surface area contributed by atoms with E-state index in [0.717, 1.165) is 0 Å². The number of para-hydroxylation sites is 1. The van der Waals surface area contributed by atoms with Gasteiger partial charge in [-0.05, 0) is 36.4 Å². The van der Waals surface area contributed by atoms with Crippen molar-refractivity contribution in [3.63, 3.8) is 0 Å². The van der Waals surface area contributed by atoms with Crippen LogP contribution in [0, 0.1) is 0 Å². The van der Waals surface area contributed by atoms with Crippen molar-refractivity contribution in [1.29, 1.82) is 0 Å². The van der Waals surface area contributed by atoms with Crippen molar-refractivity contribution >= 4 is 46.5 Å². The summed E-state index contributed by atoms with van der Waals surface area (Å²) in [4.78, 5) is 25.3. The topological polar surface area (TPSA) is 61.4 Å². The number of hydrogen-bond donors (Lipinski definition) is 2. The number of carbonyl (C=O) groups excluding carboxylic acids is 2. The Morgan fingerprint density at radius 3 is 2.30 bits per heavy atom. The first-order chi connectivity index (χ1) is 11.0. The van der Waals surface area contributed by atoms with Crippen LogP contribution in [0.1, 0.15) is 0 Å². The minimum Gasteiger partial charge on any atom is -0.323 e. The molecule has 3 amide bonds. The van der Waals surface area contributed by atoms with E-state index < -0.39 is 6.03 Å². The average Bonchev–Trinajstić information content (AvgIpc) is 2.51. The van der Waals surface area contributed by atoms with Crippen LogP contribution in [-0.2, 0) is 4.79 Å². The van der Waals surface area contributed by atoms with E-state index in [9.17, 15) is 9.59 Å². The number of likely N-dealkylation sites (N-methyl/N-ethyl adjacent to an activating group) is 1. The molecule has 0 aromatic heterocycles. The fourth-order valence-corrected chi connectivity index (χ4v) is 2.10. The van der Waals surface area contributed by atoms with Gasteiger partial charge >= 0.3 is 6.03 Å². The zero-order chi connectivity index (χ0) is 16.8. The van der Waals surface area contributed by atoms with Crippen LogP contribution in [0.25, 0.3) is 0 Å². The fourth-order valence-electron chi connectivity index (χ4n) is 1.79. The number of benzene rings is 2. The third-order valence-corrected chi connectivity index (χ3v) is 3.55. The van der Waals surface area contributed by atoms with Gasteiger partial charge < -0.3 is 15.5 Å². The Balaban J connectivity index is 1.89. The normalized spacial score (nSPS) is 10.0. The molecule has 0 atom stereocenters. The molecule has 0 aliphatic heterocycles. The van der Waals surface area contributed by atoms with Crippen LogP contribution in [0.3, 0.4) is 0 Å². The van der Waals surface area contributed by atoms with E-state index in [1.165, 1.54) is 11.9 Å². The molecule has 2 aromatic rings. The molecule has 5 nitrogen and oxygen atoms in total. The number of halogens is 2. The van der Waals surface area contributed by atoms with E-state index in [1.807, 2.05) is 0 Å². The molecule has 0 saturated carbocycles. The SMILES string of the molecule is CN(CC(=O)Nc1ccccc1Cl)C(=O)Nc1ccc(Cl)cc1. The Morgan fingerprint density at radius 1 is 1.00 bits per heavy atom. The van der Waals surface area contributed by atoms with Gasteiger partial charge in [-0.25, -0.2) is 4.79 Å². The lowest BCUT2D eigenvalue weighted by atomic mass is 10.3. The molecule has 7 heteroatoms. The molecule has 0 heterocycles. The van der Waals surface area contributed by atoms with Gasteiger partial charge in [0.15, 0.2) is 0 Å². The number of rotatable bonds is 4. The molecule has 120 valence electrons. The van der Waals surface area contributed by atoms with Crippen molar-refractivity contribution in [3.8, 4) is 0 Å². The van der Waals surface area contributed by atoms with Gasteiger partial charge in [0.25, 0.3) is 0 Å². The van der Waals surface area contributed by atoms with Crippen LogP contribution >= 0.6 is 23.2 Å². The van der Waals surface area contributed by atoms with E-state index >= 15 is 0 Å². The lowest BCUT2D eigenvalue weighted by molar-refractivity contribution is -0.116. The second-order valence-corrected chi connectivity index (χ2v) is 5.66. The average molecular weight is 352 g/mol. The number of hydrogen-bond acceptors (Lipinski definition) is 2. The summed E-state index contributed by atoms with van der Waals surface area (Å²) < 4.78 is 0. The minimum absolute atomic E-state index is 0.107. The number of nitrogens with one attached hydrogen (secondary N) is 2. The van der Waals surface area contributed by atoms with E-state index in [2.05, 4.69) is 10.6 Å². The van der Waals surface area contributed by atoms with Gasteiger partial charge in [-0.2, -0.15) is 0 Å². The van der Waals surface area contributed by atoms with Gasteiger partial charge in [-0.15, -0.1) is 0 Å². The lowest BCUT2D eigenvalue weighted by Gasteiger charge is -2.18. The second kappa shape index (κ2) is 7.85. The van der Waals surface area contributed by atoms with E-state index in [1.54, 1.807) is 48.5 Å². The second-order valence-electron chi connectivity index (χ2n) is 4.82. The quantitative estimate of drug-likeness (QED) is 0.870. The van der Waals surface area contributed by atoms with Crippen LogP contribution in [0.4, 0.5) is 16.2 Å². The minimum atomic E-state index is -0.401. The third-order valence-electron chi connectivity index (χ3n) is 2.97. The molecule has 2 rings (SSSR count). The van der Waals surface area contributed by atoms with Crippen molar-refractivity contribution in [2.75, 3.05) is 24.2 Å². The summed E-state index contributed by atoms with van der Waals surface area (Å²) in [5, 5.41) is 6.35. The first kappa shape index (κ1) is 17.1. The zero-order valence-electron chi connectivity index (χ0n) is 12.3. The predicted molar refractivity (Wildman–Crippen MR) is 93.2 cm³/mol. The van der Waals surface area contributed by atoms with Gasteiger partial charge in [0.2, 0.25) is 5.91 Å². The van der Waals surface area contributed by atoms with Crippen LogP contribution in [0.15, 0.2) is 48.5 Å². The van der Waals surface area contributed by atoms with Crippen molar-refractivity contribution in [2.24, 2.45) is 0 Å². The lowest BCUT2D eigenvalue weighted by Crippen LogP contribution is -2.37. The summed E-state index contributed by atoms with van der Waals surface area (Å²) in [6, 6.07) is 13.2. The number of anilines is 2. The van der Waals surface area contributed by atoms with Crippen LogP contribution in [-0.4, -0.2) is 30.4 Å². The first-order valence-electron chi connectivity index (χ1n) is 6.78. The van der Waals surface area contributed by atoms with Crippen LogP contribution in [0.5, 0.6) is 0 Å². The molecule has 0 unspecified atom stereocenters. The third kappa shape index (κ3) is 5.16. The Kier molecular flexibility index (Phi) is 5.84. The summed E-state index contributed by atoms with van der Waals surface area (Å²) in [5.74, 6) is -0.341. The van der Waals surface area contributed by atoms with Gasteiger partial charge in [0, 0.05) is 17.8 Å². The first-order valence-corrected chi connectivity index (χ1v) is 7.53. The molecular formula is C16H15Cl2N3O2. The van der Waals surface area contributed by atoms with E-state index in [0.29, 0.717) is 21.4 Å². The molecular weight excluding hydrogens is 337 g/mol. The van der Waals surface area contributed by atoms with Crippen molar-refractivity contribution in [2.45, 2.75) is 0 Å². The van der Waals surface area contributed by atoms with Crippen LogP contribution in [0.2, 0.25) is 10.0 Å². The molecule has 2 aromatic carbocycles. The molecule has 0 radical (unpaired) electrons. The standard InChI is InChI=1S/C16H15Cl2N3O2/c1-21(16(23)19-12-8-6-11(17)7-9-12)10-15(22)20-14-5-3-2-4-13(14)18/h2-9H,10H2,1H3,(H,19,23)(H,20,22). The highest BCUT2D eigenvalue weighted by molar-refractivity contribution is 6.33. The van der Waals surface area contributed by atoms with Crippen molar-refractivity contribution in [1.82, 2.24) is 4.90 Å². The number of nitrogens with zero attached hydrogens (tertiary/aromatic N) is 1. The van der Waals surface area contributed by atoms with Gasteiger partial charge in [-0.1, -0.05) is 35.3 Å². The highest BCUT2D eigenvalue weighted by Crippen LogP contribution is 2.20. The highest BCUT2D eigenvalue weighted by Gasteiger charge is 2.14. The molecule has 0 saturated heterocycles. The molecule has 0 aliphatic carbocycles. The van der Waals surface area contributed by atoms with Crippen molar-refractivity contribution in [3.05, 3.63) is 58.6 Å². The molecule has 0 aliphatic rings. The summed E-state index contributed by atoms with van der Waals surface area (Å²) >= 11 is 11.8. The van der Waals surface area contributed by atoms with Gasteiger partial charge in [0.05, 0.1) is 10.7 Å². The summed E-state index contributed by atoms with van der Waals surface area (Å²) in [6.45, 7) is -0.107. The molecule has 0 spiro atoms. The van der Waals surface area contributed by atoms with Gasteiger partial charge in [0.1, 0.15) is 6.54 Å². The zero-order valence-corrected chi connectivity index (χ0v) is 13.9. The number of amides is 3. The van der Waals surface area contributed by atoms with Crippen molar-refractivity contribution < 1.29 is 9.59 Å². The van der Waals surface area contributed by atoms with E-state index in [4.69, 9.17) is 23.2 Å². The maximum atomic E-state index is 12.0. The molecule has 23 heavy (non-hydrogen) atoms. The maximum absolute atomic E-state index is 12.0. The largest absolute Gasteiger partial charge is 0.323 e. The Hall–Kier alpha value is -2.24.